The van der Waals surface area contributed by atoms with Gasteiger partial charge in [0.25, 0.3) is 0 Å². The molecule has 0 bridgehead atoms. The number of hydrogen-bond acceptors (Lipinski definition) is 2. The van der Waals surface area contributed by atoms with Gasteiger partial charge in [-0.2, -0.15) is 0 Å². The van der Waals surface area contributed by atoms with Crippen molar-refractivity contribution >= 4 is 0 Å². The molecule has 0 aromatic carbocycles. The van der Waals surface area contributed by atoms with Crippen LogP contribution in [0, 0.1) is 0 Å². The lowest BCUT2D eigenvalue weighted by Gasteiger charge is -2.33. The van der Waals surface area contributed by atoms with Gasteiger partial charge in [-0.05, 0) is 25.7 Å². The Hall–Kier alpha value is -0.660. The van der Waals surface area contributed by atoms with E-state index in [0.29, 0.717) is 6.17 Å². The van der Waals surface area contributed by atoms with Gasteiger partial charge in [0.15, 0.2) is 0 Å². The summed E-state index contributed by atoms with van der Waals surface area (Å²) in [6.07, 6.45) is 36.6. The standard InChI is InChI=1S/C30H60N2/c1-4-7-10-12-13-14-15-16-17-18-19-20-21-24-27-32-29-28-31(26-23-11-8-5-2)30(32)25-22-9-6-3/h28-30H,4-27H2,1-3H3. The maximum Gasteiger partial charge on any atom is 0.101 e. The predicted octanol–water partition coefficient (Wildman–Crippen LogP) is 10.0. The molecule has 0 saturated heterocycles. The summed E-state index contributed by atoms with van der Waals surface area (Å²) in [7, 11) is 0. The molecule has 0 aromatic heterocycles. The van der Waals surface area contributed by atoms with E-state index in [-0.39, 0.29) is 0 Å². The molecule has 0 N–H and O–H groups in total. The zero-order valence-electron chi connectivity index (χ0n) is 22.6. The van der Waals surface area contributed by atoms with Gasteiger partial charge >= 0.3 is 0 Å². The normalized spacial score (nSPS) is 15.9. The average Bonchev–Trinajstić information content (AvgIpc) is 3.18. The SMILES string of the molecule is CCCCCCCCCCCCCCCCN1C=CN(CCCCCC)C1CCCCC. The van der Waals surface area contributed by atoms with Crippen LogP contribution in [0.5, 0.6) is 0 Å². The second kappa shape index (κ2) is 22.1. The van der Waals surface area contributed by atoms with Crippen LogP contribution in [-0.4, -0.2) is 29.1 Å². The fourth-order valence-corrected chi connectivity index (χ4v) is 5.13. The number of unbranched alkanes of at least 4 members (excludes halogenated alkanes) is 18. The van der Waals surface area contributed by atoms with Crippen molar-refractivity contribution in [3.8, 4) is 0 Å². The zero-order chi connectivity index (χ0) is 23.1. The summed E-state index contributed by atoms with van der Waals surface area (Å²) in [5, 5.41) is 0. The summed E-state index contributed by atoms with van der Waals surface area (Å²) >= 11 is 0. The van der Waals surface area contributed by atoms with Crippen molar-refractivity contribution in [2.75, 3.05) is 13.1 Å². The van der Waals surface area contributed by atoms with E-state index in [1.54, 1.807) is 0 Å². The molecule has 190 valence electrons. The molecule has 0 saturated carbocycles. The number of nitrogens with zero attached hydrogens (tertiary/aromatic N) is 2. The van der Waals surface area contributed by atoms with Gasteiger partial charge in [-0.1, -0.05) is 136 Å². The summed E-state index contributed by atoms with van der Waals surface area (Å²) in [5.41, 5.74) is 0. The van der Waals surface area contributed by atoms with Gasteiger partial charge in [0, 0.05) is 25.5 Å². The minimum absolute atomic E-state index is 0.644. The highest BCUT2D eigenvalue weighted by Crippen LogP contribution is 2.23. The summed E-state index contributed by atoms with van der Waals surface area (Å²) in [6.45, 7) is 9.45. The van der Waals surface area contributed by atoms with Crippen LogP contribution in [0.4, 0.5) is 0 Å². The Morgan fingerprint density at radius 2 is 0.719 bits per heavy atom. The second-order valence-corrected chi connectivity index (χ2v) is 10.4. The predicted molar refractivity (Wildman–Crippen MR) is 145 cm³/mol. The highest BCUT2D eigenvalue weighted by atomic mass is 15.4. The molecular weight excluding hydrogens is 388 g/mol. The molecule has 2 nitrogen and oxygen atoms in total. The third-order valence-corrected chi connectivity index (χ3v) is 7.32. The van der Waals surface area contributed by atoms with Crippen LogP contribution in [0.25, 0.3) is 0 Å². The van der Waals surface area contributed by atoms with Crippen LogP contribution in [0.15, 0.2) is 12.4 Å². The molecule has 0 radical (unpaired) electrons. The molecule has 1 unspecified atom stereocenters. The van der Waals surface area contributed by atoms with Gasteiger partial charge in [0.2, 0.25) is 0 Å². The molecule has 0 aromatic rings. The first-order chi connectivity index (χ1) is 15.8. The minimum Gasteiger partial charge on any atom is -0.356 e. The first-order valence-electron chi connectivity index (χ1n) is 15.0. The van der Waals surface area contributed by atoms with E-state index < -0.39 is 0 Å². The van der Waals surface area contributed by atoms with Crippen molar-refractivity contribution in [2.24, 2.45) is 0 Å². The van der Waals surface area contributed by atoms with E-state index in [0.717, 1.165) is 0 Å². The topological polar surface area (TPSA) is 6.48 Å². The van der Waals surface area contributed by atoms with Gasteiger partial charge in [-0.3, -0.25) is 0 Å². The lowest BCUT2D eigenvalue weighted by molar-refractivity contribution is 0.136. The van der Waals surface area contributed by atoms with E-state index in [2.05, 4.69) is 43.0 Å². The maximum atomic E-state index is 2.66. The van der Waals surface area contributed by atoms with Crippen molar-refractivity contribution in [3.05, 3.63) is 12.4 Å². The molecule has 2 heteroatoms. The van der Waals surface area contributed by atoms with Crippen molar-refractivity contribution < 1.29 is 0 Å². The Kier molecular flexibility index (Phi) is 20.3. The summed E-state index contributed by atoms with van der Waals surface area (Å²) in [5.74, 6) is 0. The number of rotatable bonds is 24. The molecule has 0 aliphatic carbocycles. The Labute approximate surface area is 203 Å². The molecule has 1 atom stereocenters. The fraction of sp³-hybridized carbons (Fsp3) is 0.933. The van der Waals surface area contributed by atoms with Gasteiger partial charge in [-0.25, -0.2) is 0 Å². The minimum atomic E-state index is 0.644. The van der Waals surface area contributed by atoms with E-state index in [1.165, 1.54) is 154 Å². The average molecular weight is 449 g/mol. The first-order valence-corrected chi connectivity index (χ1v) is 15.0. The zero-order valence-corrected chi connectivity index (χ0v) is 22.6. The molecule has 1 aliphatic heterocycles. The van der Waals surface area contributed by atoms with Crippen LogP contribution in [-0.2, 0) is 0 Å². The highest BCUT2D eigenvalue weighted by molar-refractivity contribution is 4.96. The molecule has 1 heterocycles. The number of hydrogen-bond donors (Lipinski definition) is 0. The van der Waals surface area contributed by atoms with Crippen LogP contribution in [0.2, 0.25) is 0 Å². The highest BCUT2D eigenvalue weighted by Gasteiger charge is 2.24. The monoisotopic (exact) mass is 448 g/mol. The Morgan fingerprint density at radius 3 is 1.12 bits per heavy atom. The Bertz CT molecular complexity index is 406. The van der Waals surface area contributed by atoms with Crippen molar-refractivity contribution in [1.82, 2.24) is 9.80 Å². The van der Waals surface area contributed by atoms with Gasteiger partial charge < -0.3 is 9.80 Å². The van der Waals surface area contributed by atoms with Crippen LogP contribution in [0.3, 0.4) is 0 Å². The van der Waals surface area contributed by atoms with Gasteiger partial charge in [0.05, 0.1) is 0 Å². The summed E-state index contributed by atoms with van der Waals surface area (Å²) in [4.78, 5) is 5.31. The lowest BCUT2D eigenvalue weighted by Crippen LogP contribution is -2.39. The maximum absolute atomic E-state index is 2.66. The molecule has 0 amide bonds. The third-order valence-electron chi connectivity index (χ3n) is 7.32. The van der Waals surface area contributed by atoms with Crippen LogP contribution < -0.4 is 0 Å². The van der Waals surface area contributed by atoms with Crippen molar-refractivity contribution in [2.45, 2.75) is 168 Å². The third kappa shape index (κ3) is 15.2. The van der Waals surface area contributed by atoms with Gasteiger partial charge in [0.1, 0.15) is 6.17 Å². The summed E-state index contributed by atoms with van der Waals surface area (Å²) < 4.78 is 0. The largest absolute Gasteiger partial charge is 0.356 e. The van der Waals surface area contributed by atoms with Gasteiger partial charge in [-0.15, -0.1) is 0 Å². The quantitative estimate of drug-likeness (QED) is 0.135. The van der Waals surface area contributed by atoms with E-state index in [4.69, 9.17) is 0 Å². The van der Waals surface area contributed by atoms with Crippen molar-refractivity contribution in [3.63, 3.8) is 0 Å². The van der Waals surface area contributed by atoms with E-state index >= 15 is 0 Å². The molecule has 1 aliphatic rings. The Balaban J connectivity index is 2.05. The Morgan fingerprint density at radius 1 is 0.406 bits per heavy atom. The van der Waals surface area contributed by atoms with E-state index in [1.807, 2.05) is 0 Å². The van der Waals surface area contributed by atoms with E-state index in [9.17, 15) is 0 Å². The smallest absolute Gasteiger partial charge is 0.101 e. The summed E-state index contributed by atoms with van der Waals surface area (Å²) in [6, 6.07) is 0. The molecule has 0 fully saturated rings. The molecule has 1 rings (SSSR count). The van der Waals surface area contributed by atoms with Crippen LogP contribution in [0.1, 0.15) is 162 Å². The van der Waals surface area contributed by atoms with Crippen LogP contribution >= 0.6 is 0 Å². The fourth-order valence-electron chi connectivity index (χ4n) is 5.13. The first kappa shape index (κ1) is 29.4. The lowest BCUT2D eigenvalue weighted by atomic mass is 10.0. The second-order valence-electron chi connectivity index (χ2n) is 10.4. The molecular formula is C30H60N2. The molecule has 32 heavy (non-hydrogen) atoms. The molecule has 0 spiro atoms. The van der Waals surface area contributed by atoms with Crippen molar-refractivity contribution in [1.29, 1.82) is 0 Å².